The summed E-state index contributed by atoms with van der Waals surface area (Å²) in [6.45, 7) is 4.76. The number of rotatable bonds is 5. The SMILES string of the molecule is COC(=O)[C@@H](Cc1ccccc1)OP(=O)(O)C(C)(C)C. The quantitative estimate of drug-likeness (QED) is 0.668. The molecular formula is C14H21O5P. The van der Waals surface area contributed by atoms with E-state index in [0.29, 0.717) is 0 Å². The van der Waals surface area contributed by atoms with Gasteiger partial charge in [0.15, 0.2) is 6.10 Å². The van der Waals surface area contributed by atoms with E-state index in [4.69, 9.17) is 4.52 Å². The number of methoxy groups -OCH3 is 1. The molecule has 0 aliphatic carbocycles. The van der Waals surface area contributed by atoms with Gasteiger partial charge in [0.25, 0.3) is 0 Å². The maximum absolute atomic E-state index is 12.2. The standard InChI is InChI=1S/C14H21O5P/c1-14(2,3)20(16,17)19-12(13(15)18-4)10-11-8-6-5-7-9-11/h5-9,12H,10H2,1-4H3,(H,16,17)/t12-/m1/s1. The molecule has 0 amide bonds. The molecule has 2 atom stereocenters. The van der Waals surface area contributed by atoms with E-state index in [9.17, 15) is 14.3 Å². The summed E-state index contributed by atoms with van der Waals surface area (Å²) in [5.74, 6) is -0.660. The molecular weight excluding hydrogens is 279 g/mol. The zero-order valence-electron chi connectivity index (χ0n) is 12.2. The summed E-state index contributed by atoms with van der Waals surface area (Å²) in [4.78, 5) is 21.7. The second kappa shape index (κ2) is 6.53. The van der Waals surface area contributed by atoms with Crippen molar-refractivity contribution in [3.05, 3.63) is 35.9 Å². The Morgan fingerprint density at radius 2 is 1.85 bits per heavy atom. The number of esters is 1. The molecule has 1 unspecified atom stereocenters. The van der Waals surface area contributed by atoms with E-state index in [1.165, 1.54) is 7.11 Å². The van der Waals surface area contributed by atoms with Crippen LogP contribution >= 0.6 is 7.60 Å². The lowest BCUT2D eigenvalue weighted by Gasteiger charge is -2.28. The van der Waals surface area contributed by atoms with E-state index in [1.807, 2.05) is 30.3 Å². The summed E-state index contributed by atoms with van der Waals surface area (Å²) in [6.07, 6.45) is -0.911. The van der Waals surface area contributed by atoms with Crippen LogP contribution in [0.3, 0.4) is 0 Å². The van der Waals surface area contributed by atoms with Crippen LogP contribution in [0.25, 0.3) is 0 Å². The van der Waals surface area contributed by atoms with Crippen LogP contribution in [0.5, 0.6) is 0 Å². The first-order valence-electron chi connectivity index (χ1n) is 6.30. The normalized spacial score (nSPS) is 16.2. The first kappa shape index (κ1) is 16.9. The number of ether oxygens (including phenoxy) is 1. The Labute approximate surface area is 119 Å². The molecule has 0 aliphatic rings. The van der Waals surface area contributed by atoms with E-state index in [0.717, 1.165) is 5.56 Å². The minimum Gasteiger partial charge on any atom is -0.467 e. The monoisotopic (exact) mass is 300 g/mol. The molecule has 1 rings (SSSR count). The smallest absolute Gasteiger partial charge is 0.335 e. The first-order valence-corrected chi connectivity index (χ1v) is 7.88. The average molecular weight is 300 g/mol. The topological polar surface area (TPSA) is 72.8 Å². The third-order valence-corrected chi connectivity index (χ3v) is 5.08. The molecule has 0 radical (unpaired) electrons. The fraction of sp³-hybridized carbons (Fsp3) is 0.500. The van der Waals surface area contributed by atoms with Gasteiger partial charge in [0.05, 0.1) is 12.3 Å². The second-order valence-electron chi connectivity index (χ2n) is 5.50. The van der Waals surface area contributed by atoms with Crippen LogP contribution in [0.4, 0.5) is 0 Å². The Kier molecular flexibility index (Phi) is 5.51. The number of carbonyl (C=O) groups excluding carboxylic acids is 1. The van der Waals surface area contributed by atoms with Crippen LogP contribution in [0, 0.1) is 0 Å². The fourth-order valence-corrected chi connectivity index (χ4v) is 2.28. The highest BCUT2D eigenvalue weighted by Crippen LogP contribution is 2.55. The molecule has 0 saturated heterocycles. The maximum Gasteiger partial charge on any atom is 0.335 e. The molecule has 112 valence electrons. The van der Waals surface area contributed by atoms with Crippen LogP contribution in [0.2, 0.25) is 0 Å². The Bertz CT molecular complexity index is 492. The molecule has 0 bridgehead atoms. The third-order valence-electron chi connectivity index (χ3n) is 2.85. The van der Waals surface area contributed by atoms with Crippen molar-refractivity contribution in [2.45, 2.75) is 38.5 Å². The van der Waals surface area contributed by atoms with Crippen molar-refractivity contribution in [1.82, 2.24) is 0 Å². The third kappa shape index (κ3) is 4.44. The Balaban J connectivity index is 2.92. The molecule has 0 spiro atoms. The molecule has 1 aromatic rings. The Hall–Kier alpha value is -1.16. The van der Waals surface area contributed by atoms with Gasteiger partial charge in [0.1, 0.15) is 0 Å². The average Bonchev–Trinajstić information content (AvgIpc) is 2.36. The molecule has 1 N–H and O–H groups in total. The van der Waals surface area contributed by atoms with Crippen LogP contribution in [-0.4, -0.2) is 29.2 Å². The number of hydrogen-bond acceptors (Lipinski definition) is 4. The van der Waals surface area contributed by atoms with E-state index in [-0.39, 0.29) is 6.42 Å². The predicted molar refractivity (Wildman–Crippen MR) is 76.6 cm³/mol. The molecule has 5 nitrogen and oxygen atoms in total. The predicted octanol–water partition coefficient (Wildman–Crippen LogP) is 2.77. The fourth-order valence-electron chi connectivity index (χ4n) is 1.45. The van der Waals surface area contributed by atoms with Crippen molar-refractivity contribution >= 4 is 13.6 Å². The Morgan fingerprint density at radius 3 is 2.30 bits per heavy atom. The minimum absolute atomic E-state index is 0.189. The van der Waals surface area contributed by atoms with Gasteiger partial charge in [-0.25, -0.2) is 4.79 Å². The molecule has 6 heteroatoms. The lowest BCUT2D eigenvalue weighted by Crippen LogP contribution is -2.30. The largest absolute Gasteiger partial charge is 0.467 e. The van der Waals surface area contributed by atoms with Crippen LogP contribution in [-0.2, 0) is 25.0 Å². The molecule has 1 aromatic carbocycles. The summed E-state index contributed by atoms with van der Waals surface area (Å²) in [5, 5.41) is -0.962. The zero-order valence-corrected chi connectivity index (χ0v) is 13.1. The van der Waals surface area contributed by atoms with E-state index >= 15 is 0 Å². The highest BCUT2D eigenvalue weighted by molar-refractivity contribution is 7.54. The molecule has 0 aromatic heterocycles. The van der Waals surface area contributed by atoms with Crippen LogP contribution in [0.1, 0.15) is 26.3 Å². The first-order chi connectivity index (χ1) is 9.17. The zero-order chi connectivity index (χ0) is 15.4. The van der Waals surface area contributed by atoms with Gasteiger partial charge < -0.3 is 9.63 Å². The number of benzene rings is 1. The van der Waals surface area contributed by atoms with Crippen LogP contribution < -0.4 is 0 Å². The van der Waals surface area contributed by atoms with E-state index < -0.39 is 24.8 Å². The van der Waals surface area contributed by atoms with Gasteiger partial charge in [-0.15, -0.1) is 0 Å². The van der Waals surface area contributed by atoms with Crippen molar-refractivity contribution in [3.8, 4) is 0 Å². The summed E-state index contributed by atoms with van der Waals surface area (Å²) < 4.78 is 22.0. The van der Waals surface area contributed by atoms with Gasteiger partial charge in [-0.05, 0) is 26.3 Å². The summed E-state index contributed by atoms with van der Waals surface area (Å²) in [7, 11) is -2.71. The minimum atomic E-state index is -3.94. The van der Waals surface area contributed by atoms with Gasteiger partial charge >= 0.3 is 13.6 Å². The van der Waals surface area contributed by atoms with Crippen molar-refractivity contribution in [2.24, 2.45) is 0 Å². The Morgan fingerprint density at radius 1 is 1.30 bits per heavy atom. The van der Waals surface area contributed by atoms with Gasteiger partial charge in [-0.3, -0.25) is 9.09 Å². The molecule has 0 heterocycles. The van der Waals surface area contributed by atoms with Crippen molar-refractivity contribution in [1.29, 1.82) is 0 Å². The lowest BCUT2D eigenvalue weighted by atomic mass is 10.1. The maximum atomic E-state index is 12.2. The van der Waals surface area contributed by atoms with E-state index in [2.05, 4.69) is 4.74 Å². The van der Waals surface area contributed by atoms with Crippen molar-refractivity contribution in [2.75, 3.05) is 7.11 Å². The van der Waals surface area contributed by atoms with Gasteiger partial charge in [-0.2, -0.15) is 0 Å². The molecule has 0 saturated carbocycles. The summed E-state index contributed by atoms with van der Waals surface area (Å²) >= 11 is 0. The number of hydrogen-bond donors (Lipinski definition) is 1. The van der Waals surface area contributed by atoms with Crippen molar-refractivity contribution in [3.63, 3.8) is 0 Å². The highest BCUT2D eigenvalue weighted by atomic mass is 31.2. The summed E-state index contributed by atoms with van der Waals surface area (Å²) in [6, 6.07) is 9.14. The molecule has 0 fully saturated rings. The second-order valence-corrected chi connectivity index (χ2v) is 8.09. The van der Waals surface area contributed by atoms with Crippen LogP contribution in [0.15, 0.2) is 30.3 Å². The van der Waals surface area contributed by atoms with Crippen molar-refractivity contribution < 1.29 is 23.5 Å². The number of carbonyl (C=O) groups is 1. The van der Waals surface area contributed by atoms with E-state index in [1.54, 1.807) is 20.8 Å². The highest BCUT2D eigenvalue weighted by Gasteiger charge is 2.40. The molecule has 0 aliphatic heterocycles. The van der Waals surface area contributed by atoms with Gasteiger partial charge in [0, 0.05) is 6.42 Å². The van der Waals surface area contributed by atoms with Gasteiger partial charge in [-0.1, -0.05) is 30.3 Å². The van der Waals surface area contributed by atoms with Gasteiger partial charge in [0.2, 0.25) is 0 Å². The molecule has 20 heavy (non-hydrogen) atoms. The lowest BCUT2D eigenvalue weighted by molar-refractivity contribution is -0.149. The summed E-state index contributed by atoms with van der Waals surface area (Å²) in [5.41, 5.74) is 0.830.